The lowest BCUT2D eigenvalue weighted by Crippen LogP contribution is -2.20. The van der Waals surface area contributed by atoms with Gasteiger partial charge in [0.1, 0.15) is 5.75 Å². The molecular formula is C22H24N2O3. The van der Waals surface area contributed by atoms with Crippen LogP contribution in [0.3, 0.4) is 0 Å². The van der Waals surface area contributed by atoms with Gasteiger partial charge in [-0.3, -0.25) is 9.59 Å². The molecule has 0 saturated heterocycles. The Hall–Kier alpha value is -3.08. The number of nitrogens with one attached hydrogen (secondary N) is 2. The van der Waals surface area contributed by atoms with Gasteiger partial charge in [0.05, 0.1) is 5.52 Å². The average molecular weight is 364 g/mol. The molecule has 1 amide bonds. The summed E-state index contributed by atoms with van der Waals surface area (Å²) in [5, 5.41) is 3.78. The molecule has 3 rings (SSSR count). The van der Waals surface area contributed by atoms with E-state index in [9.17, 15) is 9.59 Å². The van der Waals surface area contributed by atoms with Crippen molar-refractivity contribution in [3.05, 3.63) is 70.0 Å². The number of amides is 1. The number of aryl methyl sites for hydroxylation is 1. The predicted octanol–water partition coefficient (Wildman–Crippen LogP) is 4.15. The highest BCUT2D eigenvalue weighted by molar-refractivity contribution is 5.95. The maximum atomic E-state index is 12.2. The van der Waals surface area contributed by atoms with Crippen LogP contribution in [-0.4, -0.2) is 17.5 Å². The number of hydrogen-bond acceptors (Lipinski definition) is 3. The highest BCUT2D eigenvalue weighted by Gasteiger charge is 2.18. The first-order valence-corrected chi connectivity index (χ1v) is 8.89. The number of aromatic nitrogens is 1. The van der Waals surface area contributed by atoms with Crippen molar-refractivity contribution in [2.24, 2.45) is 0 Å². The summed E-state index contributed by atoms with van der Waals surface area (Å²) in [4.78, 5) is 27.0. The molecular weight excluding hydrogens is 340 g/mol. The predicted molar refractivity (Wildman–Crippen MR) is 109 cm³/mol. The zero-order valence-electron chi connectivity index (χ0n) is 16.1. The largest absolute Gasteiger partial charge is 0.484 e. The Morgan fingerprint density at radius 3 is 2.59 bits per heavy atom. The van der Waals surface area contributed by atoms with Crippen LogP contribution in [0.2, 0.25) is 0 Å². The molecule has 0 bridgehead atoms. The van der Waals surface area contributed by atoms with Crippen molar-refractivity contribution in [3.8, 4) is 5.75 Å². The number of anilines is 1. The first-order chi connectivity index (χ1) is 12.7. The van der Waals surface area contributed by atoms with Crippen LogP contribution in [0.5, 0.6) is 5.75 Å². The molecule has 0 aliphatic carbocycles. The third-order valence-corrected chi connectivity index (χ3v) is 4.29. The van der Waals surface area contributed by atoms with Gasteiger partial charge in [-0.2, -0.15) is 0 Å². The van der Waals surface area contributed by atoms with E-state index in [1.807, 2.05) is 43.3 Å². The van der Waals surface area contributed by atoms with E-state index in [2.05, 4.69) is 31.1 Å². The molecule has 5 nitrogen and oxygen atoms in total. The number of carbonyl (C=O) groups is 1. The number of benzene rings is 2. The summed E-state index contributed by atoms with van der Waals surface area (Å²) < 4.78 is 5.52. The lowest BCUT2D eigenvalue weighted by Gasteiger charge is -2.21. The molecule has 5 heteroatoms. The lowest BCUT2D eigenvalue weighted by molar-refractivity contribution is -0.118. The standard InChI is InChI=1S/C22H24N2O3/c1-14-6-5-7-16(10-14)27-13-21(26)23-15-8-9-17-18(22(2,3)4)12-20(25)24-19(17)11-15/h5-12H,13H2,1-4H3,(H,23,26)(H,24,25). The molecule has 0 saturated carbocycles. The van der Waals surface area contributed by atoms with Gasteiger partial charge in [-0.15, -0.1) is 0 Å². The van der Waals surface area contributed by atoms with Crippen LogP contribution in [0.15, 0.2) is 53.3 Å². The summed E-state index contributed by atoms with van der Waals surface area (Å²) in [6.07, 6.45) is 0. The third kappa shape index (κ3) is 4.56. The molecule has 3 aromatic rings. The molecule has 27 heavy (non-hydrogen) atoms. The van der Waals surface area contributed by atoms with Crippen LogP contribution in [0, 0.1) is 6.92 Å². The highest BCUT2D eigenvalue weighted by Crippen LogP contribution is 2.29. The first-order valence-electron chi connectivity index (χ1n) is 8.89. The smallest absolute Gasteiger partial charge is 0.262 e. The average Bonchev–Trinajstić information content (AvgIpc) is 2.58. The Labute approximate surface area is 158 Å². The van der Waals surface area contributed by atoms with Gasteiger partial charge in [0.25, 0.3) is 5.91 Å². The molecule has 0 atom stereocenters. The molecule has 2 N–H and O–H groups in total. The number of hydrogen-bond donors (Lipinski definition) is 2. The SMILES string of the molecule is Cc1cccc(OCC(=O)Nc2ccc3c(C(C)(C)C)cc(=O)[nH]c3c2)c1. The highest BCUT2D eigenvalue weighted by atomic mass is 16.5. The van der Waals surface area contributed by atoms with Gasteiger partial charge in [-0.05, 0) is 47.7 Å². The van der Waals surface area contributed by atoms with E-state index >= 15 is 0 Å². The Morgan fingerprint density at radius 1 is 1.11 bits per heavy atom. The van der Waals surface area contributed by atoms with Crippen molar-refractivity contribution in [2.75, 3.05) is 11.9 Å². The number of fused-ring (bicyclic) bond motifs is 1. The maximum absolute atomic E-state index is 12.2. The quantitative estimate of drug-likeness (QED) is 0.730. The van der Waals surface area contributed by atoms with Crippen LogP contribution >= 0.6 is 0 Å². The van der Waals surface area contributed by atoms with Crippen LogP contribution < -0.4 is 15.6 Å². The number of H-pyrrole nitrogens is 1. The summed E-state index contributed by atoms with van der Waals surface area (Å²) in [6, 6.07) is 14.7. The first kappa shape index (κ1) is 18.7. The number of aromatic amines is 1. The fourth-order valence-electron chi connectivity index (χ4n) is 3.01. The molecule has 0 aliphatic heterocycles. The summed E-state index contributed by atoms with van der Waals surface area (Å²) in [5.41, 5.74) is 3.05. The van der Waals surface area contributed by atoms with E-state index in [1.165, 1.54) is 0 Å². The summed E-state index contributed by atoms with van der Waals surface area (Å²) in [5.74, 6) is 0.396. The lowest BCUT2D eigenvalue weighted by atomic mass is 9.85. The second kappa shape index (κ2) is 7.27. The minimum absolute atomic E-state index is 0.0833. The van der Waals surface area contributed by atoms with Crippen LogP contribution in [0.4, 0.5) is 5.69 Å². The number of pyridine rings is 1. The topological polar surface area (TPSA) is 71.2 Å². The molecule has 1 aromatic heterocycles. The van der Waals surface area contributed by atoms with E-state index in [-0.39, 0.29) is 23.5 Å². The summed E-state index contributed by atoms with van der Waals surface area (Å²) >= 11 is 0. The van der Waals surface area contributed by atoms with Crippen molar-refractivity contribution >= 4 is 22.5 Å². The van der Waals surface area contributed by atoms with E-state index in [1.54, 1.807) is 12.1 Å². The number of carbonyl (C=O) groups excluding carboxylic acids is 1. The molecule has 0 fully saturated rings. The van der Waals surface area contributed by atoms with E-state index < -0.39 is 0 Å². The normalized spacial score (nSPS) is 11.4. The van der Waals surface area contributed by atoms with Gasteiger partial charge in [0.2, 0.25) is 5.56 Å². The van der Waals surface area contributed by atoms with E-state index in [0.29, 0.717) is 17.0 Å². The van der Waals surface area contributed by atoms with Gasteiger partial charge < -0.3 is 15.0 Å². The van der Waals surface area contributed by atoms with Crippen molar-refractivity contribution in [3.63, 3.8) is 0 Å². The zero-order chi connectivity index (χ0) is 19.6. The van der Waals surface area contributed by atoms with E-state index in [0.717, 1.165) is 16.5 Å². The van der Waals surface area contributed by atoms with Gasteiger partial charge in [-0.25, -0.2) is 0 Å². The van der Waals surface area contributed by atoms with Crippen molar-refractivity contribution in [2.45, 2.75) is 33.1 Å². The maximum Gasteiger partial charge on any atom is 0.262 e. The molecule has 140 valence electrons. The number of rotatable bonds is 4. The Bertz CT molecular complexity index is 1050. The Morgan fingerprint density at radius 2 is 1.89 bits per heavy atom. The molecule has 1 heterocycles. The monoisotopic (exact) mass is 364 g/mol. The minimum atomic E-state index is -0.259. The minimum Gasteiger partial charge on any atom is -0.484 e. The molecule has 2 aromatic carbocycles. The summed E-state index contributed by atoms with van der Waals surface area (Å²) in [6.45, 7) is 8.09. The van der Waals surface area contributed by atoms with Crippen molar-refractivity contribution < 1.29 is 9.53 Å². The third-order valence-electron chi connectivity index (χ3n) is 4.29. The fraction of sp³-hybridized carbons (Fsp3) is 0.273. The van der Waals surface area contributed by atoms with Crippen molar-refractivity contribution in [1.29, 1.82) is 0 Å². The second-order valence-corrected chi connectivity index (χ2v) is 7.71. The molecule has 0 spiro atoms. The number of ether oxygens (including phenoxy) is 1. The Balaban J connectivity index is 1.77. The van der Waals surface area contributed by atoms with Crippen molar-refractivity contribution in [1.82, 2.24) is 4.98 Å². The summed E-state index contributed by atoms with van der Waals surface area (Å²) in [7, 11) is 0. The van der Waals surface area contributed by atoms with Crippen LogP contribution in [0.1, 0.15) is 31.9 Å². The van der Waals surface area contributed by atoms with Gasteiger partial charge in [-0.1, -0.05) is 39.0 Å². The van der Waals surface area contributed by atoms with Crippen LogP contribution in [0.25, 0.3) is 10.9 Å². The van der Waals surface area contributed by atoms with Gasteiger partial charge in [0.15, 0.2) is 6.61 Å². The Kier molecular flexibility index (Phi) is 5.04. The molecule has 0 radical (unpaired) electrons. The zero-order valence-corrected chi connectivity index (χ0v) is 16.1. The van der Waals surface area contributed by atoms with Crippen LogP contribution in [-0.2, 0) is 10.2 Å². The molecule has 0 unspecified atom stereocenters. The van der Waals surface area contributed by atoms with Gasteiger partial charge >= 0.3 is 0 Å². The molecule has 0 aliphatic rings. The van der Waals surface area contributed by atoms with Gasteiger partial charge in [0, 0.05) is 17.1 Å². The van der Waals surface area contributed by atoms with E-state index in [4.69, 9.17) is 4.74 Å². The second-order valence-electron chi connectivity index (χ2n) is 7.71. The fourth-order valence-corrected chi connectivity index (χ4v) is 3.01.